The van der Waals surface area contributed by atoms with E-state index in [1.54, 1.807) is 41.7 Å². The summed E-state index contributed by atoms with van der Waals surface area (Å²) >= 11 is 0. The minimum Gasteiger partial charge on any atom is -0.481 e. The van der Waals surface area contributed by atoms with Crippen molar-refractivity contribution in [3.05, 3.63) is 29.7 Å². The predicted octanol–water partition coefficient (Wildman–Crippen LogP) is 0.975. The van der Waals surface area contributed by atoms with Crippen LogP contribution in [0.4, 0.5) is 0 Å². The van der Waals surface area contributed by atoms with Crippen LogP contribution in [0.25, 0.3) is 5.65 Å². The Bertz CT molecular complexity index is 739. The van der Waals surface area contributed by atoms with Gasteiger partial charge in [0.2, 0.25) is 0 Å². The van der Waals surface area contributed by atoms with Crippen molar-refractivity contribution in [3.63, 3.8) is 0 Å². The van der Waals surface area contributed by atoms with Gasteiger partial charge in [-0.25, -0.2) is 9.50 Å². The number of carbonyl (C=O) groups excluding carboxylic acids is 1. The third-order valence-electron chi connectivity index (χ3n) is 4.06. The van der Waals surface area contributed by atoms with E-state index in [-0.39, 0.29) is 12.5 Å². The number of fused-ring (bicyclic) bond motifs is 1. The molecule has 1 fully saturated rings. The van der Waals surface area contributed by atoms with E-state index in [9.17, 15) is 14.7 Å². The molecule has 0 aromatic carbocycles. The number of aryl methyl sites for hydroxylation is 1. The van der Waals surface area contributed by atoms with Crippen molar-refractivity contribution >= 4 is 17.5 Å². The predicted molar refractivity (Wildman–Crippen MR) is 74.0 cm³/mol. The number of rotatable bonds is 2. The summed E-state index contributed by atoms with van der Waals surface area (Å²) in [4.78, 5) is 29.8. The molecule has 3 heterocycles. The maximum atomic E-state index is 12.7. The molecule has 0 bridgehead atoms. The second kappa shape index (κ2) is 4.54. The Hall–Kier alpha value is -2.44. The molecule has 1 amide bonds. The van der Waals surface area contributed by atoms with Crippen LogP contribution in [-0.4, -0.2) is 49.6 Å². The summed E-state index contributed by atoms with van der Waals surface area (Å²) in [6.45, 7) is 4.08. The number of amides is 1. The van der Waals surface area contributed by atoms with E-state index in [2.05, 4.69) is 10.1 Å². The van der Waals surface area contributed by atoms with Crippen LogP contribution in [-0.2, 0) is 4.79 Å². The van der Waals surface area contributed by atoms with E-state index < -0.39 is 11.4 Å². The van der Waals surface area contributed by atoms with E-state index in [0.29, 0.717) is 29.9 Å². The SMILES string of the molecule is Cc1nn2cccnc2c1C(=O)N1CCC(C)(C(=O)O)C1. The van der Waals surface area contributed by atoms with Crippen LogP contribution in [0.2, 0.25) is 0 Å². The Labute approximate surface area is 121 Å². The lowest BCUT2D eigenvalue weighted by molar-refractivity contribution is -0.147. The van der Waals surface area contributed by atoms with Crippen molar-refractivity contribution in [2.75, 3.05) is 13.1 Å². The van der Waals surface area contributed by atoms with Gasteiger partial charge < -0.3 is 10.0 Å². The smallest absolute Gasteiger partial charge is 0.311 e. The number of hydrogen-bond acceptors (Lipinski definition) is 4. The monoisotopic (exact) mass is 288 g/mol. The van der Waals surface area contributed by atoms with E-state index in [1.807, 2.05) is 0 Å². The molecule has 0 saturated carbocycles. The van der Waals surface area contributed by atoms with Gasteiger partial charge in [-0.2, -0.15) is 5.10 Å². The standard InChI is InChI=1S/C14H16N4O3/c1-9-10(11-15-5-3-6-18(11)16-9)12(19)17-7-4-14(2,8-17)13(20)21/h3,5-6H,4,7-8H2,1-2H3,(H,20,21). The molecule has 0 radical (unpaired) electrons. The molecule has 7 nitrogen and oxygen atoms in total. The lowest BCUT2D eigenvalue weighted by atomic mass is 9.90. The number of carboxylic acid groups (broad SMARTS) is 1. The molecule has 1 N–H and O–H groups in total. The fourth-order valence-corrected chi connectivity index (χ4v) is 2.71. The van der Waals surface area contributed by atoms with Crippen molar-refractivity contribution < 1.29 is 14.7 Å². The second-order valence-corrected chi connectivity index (χ2v) is 5.69. The lowest BCUT2D eigenvalue weighted by Crippen LogP contribution is -2.35. The largest absolute Gasteiger partial charge is 0.481 e. The zero-order valence-corrected chi connectivity index (χ0v) is 11.9. The molecular formula is C14H16N4O3. The molecule has 1 unspecified atom stereocenters. The summed E-state index contributed by atoms with van der Waals surface area (Å²) in [5.74, 6) is -1.07. The molecule has 1 saturated heterocycles. The topological polar surface area (TPSA) is 87.8 Å². The van der Waals surface area contributed by atoms with Gasteiger partial charge in [-0.1, -0.05) is 0 Å². The van der Waals surface area contributed by atoms with E-state index in [1.165, 1.54) is 0 Å². The molecular weight excluding hydrogens is 272 g/mol. The number of nitrogens with zero attached hydrogens (tertiary/aromatic N) is 4. The van der Waals surface area contributed by atoms with Crippen molar-refractivity contribution in [2.24, 2.45) is 5.41 Å². The molecule has 110 valence electrons. The average Bonchev–Trinajstić information content (AvgIpc) is 2.99. The first-order valence-corrected chi connectivity index (χ1v) is 6.75. The number of aromatic nitrogens is 3. The van der Waals surface area contributed by atoms with Gasteiger partial charge in [0.05, 0.1) is 11.1 Å². The second-order valence-electron chi connectivity index (χ2n) is 5.69. The number of hydrogen-bond donors (Lipinski definition) is 1. The highest BCUT2D eigenvalue weighted by atomic mass is 16.4. The molecule has 2 aromatic heterocycles. The third kappa shape index (κ3) is 2.05. The first kappa shape index (κ1) is 13.5. The molecule has 7 heteroatoms. The van der Waals surface area contributed by atoms with Crippen LogP contribution < -0.4 is 0 Å². The van der Waals surface area contributed by atoms with Gasteiger partial charge in [-0.05, 0) is 26.3 Å². The van der Waals surface area contributed by atoms with Crippen molar-refractivity contribution in [3.8, 4) is 0 Å². The Kier molecular flexibility index (Phi) is 2.93. The average molecular weight is 288 g/mol. The molecule has 21 heavy (non-hydrogen) atoms. The maximum absolute atomic E-state index is 12.7. The van der Waals surface area contributed by atoms with E-state index in [4.69, 9.17) is 0 Å². The van der Waals surface area contributed by atoms with Gasteiger partial charge in [-0.15, -0.1) is 0 Å². The summed E-state index contributed by atoms with van der Waals surface area (Å²) in [6, 6.07) is 1.74. The zero-order valence-electron chi connectivity index (χ0n) is 11.9. The number of carbonyl (C=O) groups is 2. The summed E-state index contributed by atoms with van der Waals surface area (Å²) in [6.07, 6.45) is 3.80. The fraction of sp³-hybridized carbons (Fsp3) is 0.429. The van der Waals surface area contributed by atoms with Gasteiger partial charge >= 0.3 is 5.97 Å². The summed E-state index contributed by atoms with van der Waals surface area (Å²) in [5, 5.41) is 13.5. The quantitative estimate of drug-likeness (QED) is 0.889. The molecule has 0 spiro atoms. The molecule has 1 aliphatic rings. The Morgan fingerprint density at radius 2 is 2.19 bits per heavy atom. The minimum atomic E-state index is -0.875. The van der Waals surface area contributed by atoms with Gasteiger partial charge in [-0.3, -0.25) is 9.59 Å². The molecule has 1 aliphatic heterocycles. The van der Waals surface area contributed by atoms with Gasteiger partial charge in [0.25, 0.3) is 5.91 Å². The van der Waals surface area contributed by atoms with Gasteiger partial charge in [0.15, 0.2) is 5.65 Å². The van der Waals surface area contributed by atoms with Crippen LogP contribution in [0.15, 0.2) is 18.5 Å². The van der Waals surface area contributed by atoms with Crippen LogP contribution >= 0.6 is 0 Å². The Morgan fingerprint density at radius 1 is 1.43 bits per heavy atom. The molecule has 1 atom stereocenters. The van der Waals surface area contributed by atoms with Crippen LogP contribution in [0.5, 0.6) is 0 Å². The van der Waals surface area contributed by atoms with E-state index in [0.717, 1.165) is 0 Å². The van der Waals surface area contributed by atoms with E-state index >= 15 is 0 Å². The number of likely N-dealkylation sites (tertiary alicyclic amines) is 1. The number of carboxylic acids is 1. The normalized spacial score (nSPS) is 21.9. The van der Waals surface area contributed by atoms with Crippen LogP contribution in [0, 0.1) is 12.3 Å². The first-order chi connectivity index (χ1) is 9.92. The third-order valence-corrected chi connectivity index (χ3v) is 4.06. The van der Waals surface area contributed by atoms with Crippen molar-refractivity contribution in [2.45, 2.75) is 20.3 Å². The number of aliphatic carboxylic acids is 1. The zero-order chi connectivity index (χ0) is 15.2. The molecule has 0 aliphatic carbocycles. The van der Waals surface area contributed by atoms with Crippen LogP contribution in [0.1, 0.15) is 29.4 Å². The Morgan fingerprint density at radius 3 is 2.86 bits per heavy atom. The highest BCUT2D eigenvalue weighted by Crippen LogP contribution is 2.31. The van der Waals surface area contributed by atoms with Crippen molar-refractivity contribution in [1.29, 1.82) is 0 Å². The molecule has 3 rings (SSSR count). The summed E-state index contributed by atoms with van der Waals surface area (Å²) in [7, 11) is 0. The summed E-state index contributed by atoms with van der Waals surface area (Å²) < 4.78 is 1.56. The first-order valence-electron chi connectivity index (χ1n) is 6.75. The lowest BCUT2D eigenvalue weighted by Gasteiger charge is -2.20. The van der Waals surface area contributed by atoms with Crippen LogP contribution in [0.3, 0.4) is 0 Å². The fourth-order valence-electron chi connectivity index (χ4n) is 2.71. The highest BCUT2D eigenvalue weighted by Gasteiger charge is 2.43. The molecule has 2 aromatic rings. The van der Waals surface area contributed by atoms with Gasteiger partial charge in [0, 0.05) is 25.5 Å². The summed E-state index contributed by atoms with van der Waals surface area (Å²) in [5.41, 5.74) is 0.678. The minimum absolute atomic E-state index is 0.203. The van der Waals surface area contributed by atoms with Gasteiger partial charge in [0.1, 0.15) is 5.56 Å². The maximum Gasteiger partial charge on any atom is 0.311 e. The highest BCUT2D eigenvalue weighted by molar-refractivity contribution is 6.01. The van der Waals surface area contributed by atoms with Crippen molar-refractivity contribution in [1.82, 2.24) is 19.5 Å². The Balaban J connectivity index is 1.95.